The molecule has 40 heavy (non-hydrogen) atoms. The van der Waals surface area contributed by atoms with Gasteiger partial charge in [0.15, 0.2) is 5.17 Å². The number of methoxy groups -OCH3 is 1. The Balaban J connectivity index is 1.37. The third kappa shape index (κ3) is 6.91. The molecule has 0 aromatic heterocycles. The van der Waals surface area contributed by atoms with Gasteiger partial charge in [-0.1, -0.05) is 65.7 Å². The molecule has 1 saturated heterocycles. The van der Waals surface area contributed by atoms with E-state index in [0.29, 0.717) is 39.0 Å². The minimum atomic E-state index is -0.107. The number of ether oxygens (including phenoxy) is 2. The van der Waals surface area contributed by atoms with Crippen LogP contribution in [0.3, 0.4) is 0 Å². The Bertz CT molecular complexity index is 1590. The summed E-state index contributed by atoms with van der Waals surface area (Å²) in [6.07, 6.45) is 1.87. The Morgan fingerprint density at radius 2 is 1.75 bits per heavy atom. The molecular weight excluding hydrogens is 631 g/mol. The highest BCUT2D eigenvalue weighted by molar-refractivity contribution is 9.10. The van der Waals surface area contributed by atoms with E-state index in [1.807, 2.05) is 84.9 Å². The van der Waals surface area contributed by atoms with Gasteiger partial charge in [-0.2, -0.15) is 0 Å². The zero-order valence-corrected chi connectivity index (χ0v) is 25.2. The lowest BCUT2D eigenvalue weighted by molar-refractivity contribution is -0.122. The summed E-state index contributed by atoms with van der Waals surface area (Å²) in [4.78, 5) is 20.6. The van der Waals surface area contributed by atoms with Crippen LogP contribution >= 0.6 is 50.9 Å². The van der Waals surface area contributed by atoms with Crippen molar-refractivity contribution in [2.24, 2.45) is 4.99 Å². The van der Waals surface area contributed by atoms with Crippen LogP contribution < -0.4 is 9.47 Å². The van der Waals surface area contributed by atoms with Crippen LogP contribution in [-0.4, -0.2) is 23.1 Å². The number of carbonyl (C=O) groups excluding carboxylic acids is 1. The van der Waals surface area contributed by atoms with Crippen LogP contribution in [0.4, 0.5) is 5.69 Å². The van der Waals surface area contributed by atoms with Gasteiger partial charge in [0.25, 0.3) is 5.91 Å². The number of rotatable bonds is 8. The molecule has 0 radical (unpaired) electrons. The predicted molar refractivity (Wildman–Crippen MR) is 168 cm³/mol. The molecule has 4 aromatic carbocycles. The summed E-state index contributed by atoms with van der Waals surface area (Å²) in [7, 11) is 1.63. The first-order chi connectivity index (χ1) is 19.4. The molecule has 0 N–H and O–H groups in total. The van der Waals surface area contributed by atoms with E-state index in [1.54, 1.807) is 24.1 Å². The van der Waals surface area contributed by atoms with Gasteiger partial charge in [0.1, 0.15) is 18.1 Å². The lowest BCUT2D eigenvalue weighted by Gasteiger charge is -2.16. The summed E-state index contributed by atoms with van der Waals surface area (Å²) in [6.45, 7) is 0.686. The summed E-state index contributed by atoms with van der Waals surface area (Å²) < 4.78 is 12.0. The molecule has 1 fully saturated rings. The minimum absolute atomic E-state index is 0.107. The molecule has 5 rings (SSSR count). The number of aliphatic imine (C=N–C) groups is 1. The van der Waals surface area contributed by atoms with Crippen molar-refractivity contribution in [1.82, 2.24) is 4.90 Å². The van der Waals surface area contributed by atoms with Gasteiger partial charge in [0, 0.05) is 15.6 Å². The lowest BCUT2D eigenvalue weighted by atomic mass is 10.2. The maximum atomic E-state index is 13.6. The maximum Gasteiger partial charge on any atom is 0.267 e. The zero-order chi connectivity index (χ0) is 28.1. The normalized spacial score (nSPS) is 15.2. The smallest absolute Gasteiger partial charge is 0.267 e. The average Bonchev–Trinajstić information content (AvgIpc) is 3.23. The van der Waals surface area contributed by atoms with Crippen molar-refractivity contribution in [2.75, 3.05) is 7.11 Å². The summed E-state index contributed by atoms with van der Waals surface area (Å²) >= 11 is 17.2. The Morgan fingerprint density at radius 3 is 2.45 bits per heavy atom. The standard InChI is InChI=1S/C31H23BrCl2N2O3S/c1-38-25-12-7-20(8-13-25)18-36-30(37)29(40-31(36)35-24-5-3-2-4-6-24)16-21-9-14-28(26(32)15-21)39-19-22-10-11-23(33)17-27(22)34/h2-17H,18-19H2,1H3/b29-16-,35-31?. The summed E-state index contributed by atoms with van der Waals surface area (Å²) in [5.41, 5.74) is 3.44. The van der Waals surface area contributed by atoms with Gasteiger partial charge in [-0.15, -0.1) is 0 Å². The fourth-order valence-corrected chi connectivity index (χ4v) is 5.90. The second-order valence-electron chi connectivity index (χ2n) is 8.79. The van der Waals surface area contributed by atoms with Crippen molar-refractivity contribution in [3.63, 3.8) is 0 Å². The van der Waals surface area contributed by atoms with Crippen LogP contribution in [0.5, 0.6) is 11.5 Å². The molecule has 202 valence electrons. The first kappa shape index (κ1) is 28.3. The van der Waals surface area contributed by atoms with Crippen LogP contribution in [0.2, 0.25) is 10.0 Å². The van der Waals surface area contributed by atoms with Crippen LogP contribution in [0, 0.1) is 0 Å². The van der Waals surface area contributed by atoms with Crippen LogP contribution in [0.1, 0.15) is 16.7 Å². The zero-order valence-electron chi connectivity index (χ0n) is 21.3. The molecule has 0 atom stereocenters. The quantitative estimate of drug-likeness (QED) is 0.178. The van der Waals surface area contributed by atoms with Crippen molar-refractivity contribution in [1.29, 1.82) is 0 Å². The Morgan fingerprint density at radius 1 is 0.975 bits per heavy atom. The fourth-order valence-electron chi connectivity index (χ4n) is 3.93. The number of benzene rings is 4. The van der Waals surface area contributed by atoms with Gasteiger partial charge in [-0.05, 0) is 93.4 Å². The van der Waals surface area contributed by atoms with Gasteiger partial charge in [0.2, 0.25) is 0 Å². The number of halogens is 3. The molecule has 0 unspecified atom stereocenters. The Labute approximate surface area is 255 Å². The molecule has 4 aromatic rings. The largest absolute Gasteiger partial charge is 0.497 e. The lowest BCUT2D eigenvalue weighted by Crippen LogP contribution is -2.28. The molecule has 5 nitrogen and oxygen atoms in total. The molecule has 1 aliphatic rings. The third-order valence-electron chi connectivity index (χ3n) is 6.02. The highest BCUT2D eigenvalue weighted by Crippen LogP contribution is 2.36. The van der Waals surface area contributed by atoms with E-state index in [2.05, 4.69) is 15.9 Å². The van der Waals surface area contributed by atoms with Gasteiger partial charge in [0.05, 0.1) is 28.7 Å². The van der Waals surface area contributed by atoms with E-state index in [0.717, 1.165) is 32.6 Å². The van der Waals surface area contributed by atoms with Crippen molar-refractivity contribution in [2.45, 2.75) is 13.2 Å². The Kier molecular flexibility index (Phi) is 9.17. The van der Waals surface area contributed by atoms with E-state index in [9.17, 15) is 4.79 Å². The molecule has 1 aliphatic heterocycles. The molecule has 1 amide bonds. The van der Waals surface area contributed by atoms with E-state index in [1.165, 1.54) is 11.8 Å². The van der Waals surface area contributed by atoms with Crippen LogP contribution in [-0.2, 0) is 17.9 Å². The highest BCUT2D eigenvalue weighted by Gasteiger charge is 2.33. The van der Waals surface area contributed by atoms with E-state index in [4.69, 9.17) is 37.7 Å². The van der Waals surface area contributed by atoms with E-state index < -0.39 is 0 Å². The highest BCUT2D eigenvalue weighted by atomic mass is 79.9. The molecule has 9 heteroatoms. The number of amides is 1. The SMILES string of the molecule is COc1ccc(CN2C(=O)/C(=C/c3ccc(OCc4ccc(Cl)cc4Cl)c(Br)c3)SC2=Nc2ccccc2)cc1. The average molecular weight is 654 g/mol. The maximum absolute atomic E-state index is 13.6. The van der Waals surface area contributed by atoms with Gasteiger partial charge in [-0.25, -0.2) is 4.99 Å². The van der Waals surface area contributed by atoms with Gasteiger partial charge >= 0.3 is 0 Å². The van der Waals surface area contributed by atoms with E-state index >= 15 is 0 Å². The Hall–Kier alpha value is -3.23. The molecule has 1 heterocycles. The molecule has 0 bridgehead atoms. The van der Waals surface area contributed by atoms with Crippen molar-refractivity contribution in [3.05, 3.63) is 127 Å². The number of amidine groups is 1. The number of hydrogen-bond acceptors (Lipinski definition) is 5. The summed E-state index contributed by atoms with van der Waals surface area (Å²) in [5, 5.41) is 1.75. The second-order valence-corrected chi connectivity index (χ2v) is 11.5. The van der Waals surface area contributed by atoms with Crippen molar-refractivity contribution in [3.8, 4) is 11.5 Å². The predicted octanol–water partition coefficient (Wildman–Crippen LogP) is 9.15. The number of thioether (sulfide) groups is 1. The molecule has 0 spiro atoms. The van der Waals surface area contributed by atoms with Crippen LogP contribution in [0.15, 0.2) is 105 Å². The first-order valence-electron chi connectivity index (χ1n) is 12.2. The molecule has 0 aliphatic carbocycles. The number of hydrogen-bond donors (Lipinski definition) is 0. The van der Waals surface area contributed by atoms with Crippen LogP contribution in [0.25, 0.3) is 6.08 Å². The number of nitrogens with zero attached hydrogens (tertiary/aromatic N) is 2. The van der Waals surface area contributed by atoms with Crippen molar-refractivity contribution < 1.29 is 14.3 Å². The summed E-state index contributed by atoms with van der Waals surface area (Å²) in [5.74, 6) is 1.31. The minimum Gasteiger partial charge on any atom is -0.497 e. The summed E-state index contributed by atoms with van der Waals surface area (Å²) in [6, 6.07) is 28.3. The molecule has 0 saturated carbocycles. The first-order valence-corrected chi connectivity index (χ1v) is 14.6. The monoisotopic (exact) mass is 652 g/mol. The molecular formula is C31H23BrCl2N2O3S. The second kappa shape index (κ2) is 13.0. The fraction of sp³-hybridized carbons (Fsp3) is 0.0968. The van der Waals surface area contributed by atoms with E-state index in [-0.39, 0.29) is 5.91 Å². The number of carbonyl (C=O) groups is 1. The van der Waals surface area contributed by atoms with Gasteiger partial charge < -0.3 is 9.47 Å². The number of para-hydroxylation sites is 1. The van der Waals surface area contributed by atoms with Gasteiger partial charge in [-0.3, -0.25) is 9.69 Å². The van der Waals surface area contributed by atoms with Crippen molar-refractivity contribution >= 4 is 73.7 Å². The third-order valence-corrected chi connectivity index (χ3v) is 8.23. The topological polar surface area (TPSA) is 51.1 Å².